The van der Waals surface area contributed by atoms with E-state index >= 15 is 0 Å². The molecule has 0 atom stereocenters. The van der Waals surface area contributed by atoms with E-state index in [4.69, 9.17) is 4.74 Å². The Kier molecular flexibility index (Phi) is 6.71. The van der Waals surface area contributed by atoms with Gasteiger partial charge in [0.25, 0.3) is 0 Å². The first-order valence-electron chi connectivity index (χ1n) is 4.90. The van der Waals surface area contributed by atoms with Gasteiger partial charge in [0.05, 0.1) is 8.07 Å². The summed E-state index contributed by atoms with van der Waals surface area (Å²) in [6.45, 7) is 7.14. The fraction of sp³-hybridized carbons (Fsp3) is 1.00. The molecule has 0 aliphatic rings. The van der Waals surface area contributed by atoms with Gasteiger partial charge in [0.2, 0.25) is 0 Å². The van der Waals surface area contributed by atoms with Gasteiger partial charge in [-0.15, -0.1) is 0 Å². The van der Waals surface area contributed by atoms with Crippen LogP contribution in [0.25, 0.3) is 0 Å². The molecule has 0 heterocycles. The van der Waals surface area contributed by atoms with E-state index in [1.54, 1.807) is 0 Å². The van der Waals surface area contributed by atoms with E-state index < -0.39 is 8.07 Å². The first-order chi connectivity index (χ1) is 5.74. The van der Waals surface area contributed by atoms with Crippen molar-refractivity contribution < 1.29 is 9.84 Å². The molecule has 0 aromatic heterocycles. The van der Waals surface area contributed by atoms with Crippen molar-refractivity contribution in [3.8, 4) is 0 Å². The molecule has 0 amide bonds. The van der Waals surface area contributed by atoms with Crippen LogP contribution in [0.5, 0.6) is 0 Å². The van der Waals surface area contributed by atoms with Gasteiger partial charge in [-0.25, -0.2) is 5.11 Å². The highest BCUT2D eigenvalue weighted by atomic mass is 28.3. The molecule has 0 aromatic carbocycles. The summed E-state index contributed by atoms with van der Waals surface area (Å²) in [5.41, 5.74) is 0. The van der Waals surface area contributed by atoms with Crippen molar-refractivity contribution in [3.63, 3.8) is 0 Å². The molecule has 0 aromatic rings. The zero-order valence-corrected chi connectivity index (χ0v) is 9.56. The largest absolute Gasteiger partial charge is 0.353 e. The van der Waals surface area contributed by atoms with Crippen LogP contribution in [0.15, 0.2) is 0 Å². The molecule has 0 aliphatic heterocycles. The highest BCUT2D eigenvalue weighted by molar-refractivity contribution is 6.79. The molecule has 0 N–H and O–H groups in total. The van der Waals surface area contributed by atoms with Crippen LogP contribution < -0.4 is 0 Å². The Hall–Kier alpha value is 0.137. The van der Waals surface area contributed by atoms with Crippen molar-refractivity contribution in [3.05, 3.63) is 0 Å². The fourth-order valence-corrected chi connectivity index (χ4v) is 4.77. The molecule has 1 radical (unpaired) electrons. The Labute approximate surface area is 76.9 Å². The van der Waals surface area contributed by atoms with Crippen LogP contribution >= 0.6 is 0 Å². The molecule has 0 fully saturated rings. The minimum absolute atomic E-state index is 0.373. The zero-order chi connectivity index (χ0) is 9.45. The van der Waals surface area contributed by atoms with E-state index in [0.29, 0.717) is 6.61 Å². The van der Waals surface area contributed by atoms with Gasteiger partial charge in [0, 0.05) is 6.61 Å². The molecule has 0 rings (SSSR count). The third-order valence-electron chi connectivity index (χ3n) is 3.11. The lowest BCUT2D eigenvalue weighted by atomic mass is 10.8. The average Bonchev–Trinajstić information content (AvgIpc) is 2.14. The molecule has 12 heavy (non-hydrogen) atoms. The van der Waals surface area contributed by atoms with E-state index in [1.165, 1.54) is 24.2 Å². The second-order valence-corrected chi connectivity index (χ2v) is 8.96. The summed E-state index contributed by atoms with van der Waals surface area (Å²) in [5.74, 6) is 0. The van der Waals surface area contributed by atoms with Gasteiger partial charge in [0.15, 0.2) is 6.79 Å². The predicted octanol–water partition coefficient (Wildman–Crippen LogP) is 2.90. The van der Waals surface area contributed by atoms with Gasteiger partial charge in [-0.1, -0.05) is 38.9 Å². The Morgan fingerprint density at radius 3 is 1.92 bits per heavy atom. The van der Waals surface area contributed by atoms with Crippen LogP contribution in [0.4, 0.5) is 0 Å². The molecule has 2 nitrogen and oxygen atoms in total. The number of ether oxygens (including phenoxy) is 1. The monoisotopic (exact) mass is 189 g/mol. The van der Waals surface area contributed by atoms with Gasteiger partial charge in [0.1, 0.15) is 0 Å². The van der Waals surface area contributed by atoms with Crippen LogP contribution in [-0.2, 0) is 9.84 Å². The highest BCUT2D eigenvalue weighted by Gasteiger charge is 2.25. The predicted molar refractivity (Wildman–Crippen MR) is 53.5 cm³/mol. The lowest BCUT2D eigenvalue weighted by Crippen LogP contribution is -2.32. The second-order valence-electron chi connectivity index (χ2n) is 3.34. The van der Waals surface area contributed by atoms with Crippen LogP contribution in [0.1, 0.15) is 20.8 Å². The minimum Gasteiger partial charge on any atom is -0.353 e. The maximum absolute atomic E-state index is 10.1. The minimum atomic E-state index is -1.02. The lowest BCUT2D eigenvalue weighted by molar-refractivity contribution is -0.0386. The summed E-state index contributed by atoms with van der Waals surface area (Å²) in [7, 11) is -1.02. The lowest BCUT2D eigenvalue weighted by Gasteiger charge is -2.27. The Bertz CT molecular complexity index is 94.4. The van der Waals surface area contributed by atoms with Gasteiger partial charge in [-0.05, 0) is 6.04 Å². The van der Waals surface area contributed by atoms with E-state index in [9.17, 15) is 5.11 Å². The van der Waals surface area contributed by atoms with Crippen LogP contribution in [0.2, 0.25) is 24.2 Å². The molecule has 73 valence electrons. The number of hydrogen-bond donors (Lipinski definition) is 0. The van der Waals surface area contributed by atoms with E-state index in [-0.39, 0.29) is 6.79 Å². The Morgan fingerprint density at radius 1 is 1.08 bits per heavy atom. The summed E-state index contributed by atoms with van der Waals surface area (Å²) in [6, 6.07) is 5.13. The quantitative estimate of drug-likeness (QED) is 0.344. The average molecular weight is 189 g/mol. The van der Waals surface area contributed by atoms with Crippen LogP contribution in [-0.4, -0.2) is 21.5 Å². The van der Waals surface area contributed by atoms with Gasteiger partial charge >= 0.3 is 0 Å². The normalized spacial score (nSPS) is 12.0. The maximum atomic E-state index is 10.1. The molecular formula is C9H21O2Si. The van der Waals surface area contributed by atoms with Gasteiger partial charge < -0.3 is 4.74 Å². The first-order valence-corrected chi connectivity index (χ1v) is 7.73. The third kappa shape index (κ3) is 3.69. The molecule has 0 saturated carbocycles. The highest BCUT2D eigenvalue weighted by Crippen LogP contribution is 2.24. The van der Waals surface area contributed by atoms with Crippen molar-refractivity contribution in [2.75, 3.05) is 13.4 Å². The Balaban J connectivity index is 3.76. The molecular weight excluding hydrogens is 168 g/mol. The van der Waals surface area contributed by atoms with E-state index in [1.807, 2.05) is 0 Å². The summed E-state index contributed by atoms with van der Waals surface area (Å²) in [4.78, 5) is 0. The third-order valence-corrected chi connectivity index (χ3v) is 8.87. The molecule has 0 bridgehead atoms. The van der Waals surface area contributed by atoms with E-state index in [2.05, 4.69) is 20.8 Å². The Morgan fingerprint density at radius 2 is 1.58 bits per heavy atom. The molecule has 0 spiro atoms. The van der Waals surface area contributed by atoms with Crippen molar-refractivity contribution in [1.29, 1.82) is 0 Å². The SMILES string of the molecule is CC[Si](CC)(CC)CCOC[O]. The first kappa shape index (κ1) is 12.1. The molecule has 3 heteroatoms. The smallest absolute Gasteiger partial charge is 0.180 e. The summed E-state index contributed by atoms with van der Waals surface area (Å²) < 4.78 is 4.87. The summed E-state index contributed by atoms with van der Waals surface area (Å²) in [5, 5.41) is 10.1. The topological polar surface area (TPSA) is 29.1 Å². The molecule has 0 unspecified atom stereocenters. The molecule has 0 aliphatic carbocycles. The summed E-state index contributed by atoms with van der Waals surface area (Å²) in [6.07, 6.45) is 0. The van der Waals surface area contributed by atoms with E-state index in [0.717, 1.165) is 0 Å². The number of hydrogen-bond acceptors (Lipinski definition) is 1. The van der Waals surface area contributed by atoms with Crippen molar-refractivity contribution in [2.45, 2.75) is 44.9 Å². The van der Waals surface area contributed by atoms with Crippen molar-refractivity contribution >= 4 is 8.07 Å². The maximum Gasteiger partial charge on any atom is 0.180 e. The second kappa shape index (κ2) is 6.63. The standard InChI is InChI=1S/C9H21O2Si/c1-4-12(5-2,6-3)8-7-11-9-10/h4-9H2,1-3H3. The number of rotatable bonds is 7. The zero-order valence-electron chi connectivity index (χ0n) is 8.56. The fourth-order valence-electron chi connectivity index (χ4n) is 1.63. The van der Waals surface area contributed by atoms with Crippen molar-refractivity contribution in [2.24, 2.45) is 0 Å². The van der Waals surface area contributed by atoms with Crippen molar-refractivity contribution in [1.82, 2.24) is 0 Å². The van der Waals surface area contributed by atoms with Gasteiger partial charge in [-0.2, -0.15) is 0 Å². The van der Waals surface area contributed by atoms with Crippen LogP contribution in [0.3, 0.4) is 0 Å². The molecule has 0 saturated heterocycles. The summed E-state index contributed by atoms with van der Waals surface area (Å²) >= 11 is 0. The van der Waals surface area contributed by atoms with Crippen LogP contribution in [0, 0.1) is 0 Å². The van der Waals surface area contributed by atoms with Gasteiger partial charge in [-0.3, -0.25) is 0 Å².